The summed E-state index contributed by atoms with van der Waals surface area (Å²) in [6.07, 6.45) is -12.3. The summed E-state index contributed by atoms with van der Waals surface area (Å²) in [5.74, 6) is -52.8. The summed E-state index contributed by atoms with van der Waals surface area (Å²) in [6, 6.07) is -7.02. The van der Waals surface area contributed by atoms with Crippen LogP contribution in [0, 0.1) is 0 Å². The zero-order valence-corrected chi connectivity index (χ0v) is 27.8. The van der Waals surface area contributed by atoms with Crippen molar-refractivity contribution in [2.45, 2.75) is 85.6 Å². The Balaban J connectivity index is 2.07. The Labute approximate surface area is 289 Å². The number of methoxy groups -OCH3 is 1. The van der Waals surface area contributed by atoms with Crippen LogP contribution in [0.3, 0.4) is 0 Å². The molecule has 5 atom stereocenters. The molecule has 11 nitrogen and oxygen atoms in total. The molecule has 3 heterocycles. The standard InChI is InChI=1S/C23H23F17N5O6PS/c1-4-9-11(51-52(46,53)48-3)12(49-6-5-47-2)15(50-9)45-8-43-10-13(41-7-42-14(10)45)44-23(39,40)21(34,35)19(30,31)17(26,27)16(24,25)18(28,29)20(32,33)22(36,37)38/h7-9,11-12,15H,4-6H2,1-3H3,(H,46,53)(H,41,42,44)/p-1. The van der Waals surface area contributed by atoms with Crippen LogP contribution in [-0.4, -0.2) is 113 Å². The first kappa shape index (κ1) is 45.0. The molecule has 1 saturated heterocycles. The number of hydrogen-bond acceptors (Lipinski definition) is 11. The maximum atomic E-state index is 14.8. The van der Waals surface area contributed by atoms with Crippen molar-refractivity contribution in [2.75, 3.05) is 32.8 Å². The molecule has 0 spiro atoms. The largest absolute Gasteiger partial charge is 0.780 e. The summed E-state index contributed by atoms with van der Waals surface area (Å²) >= 11 is 4.74. The van der Waals surface area contributed by atoms with Crippen LogP contribution < -0.4 is 10.2 Å². The van der Waals surface area contributed by atoms with Gasteiger partial charge in [0.1, 0.15) is 25.3 Å². The van der Waals surface area contributed by atoms with Gasteiger partial charge in [-0.25, -0.2) is 15.0 Å². The molecule has 1 N–H and O–H groups in total. The quantitative estimate of drug-likeness (QED) is 0.0853. The molecule has 0 radical (unpaired) electrons. The van der Waals surface area contributed by atoms with E-state index in [1.807, 2.05) is 0 Å². The number of rotatable bonds is 17. The summed E-state index contributed by atoms with van der Waals surface area (Å²) in [6.45, 7) is -3.05. The van der Waals surface area contributed by atoms with Crippen molar-refractivity contribution in [3.8, 4) is 0 Å². The third-order valence-corrected chi connectivity index (χ3v) is 9.04. The van der Waals surface area contributed by atoms with Gasteiger partial charge in [0.05, 0.1) is 25.6 Å². The molecular weight excluding hydrogens is 828 g/mol. The number of imidazole rings is 1. The van der Waals surface area contributed by atoms with Crippen molar-refractivity contribution in [1.29, 1.82) is 0 Å². The van der Waals surface area contributed by atoms with E-state index in [0.29, 0.717) is 6.33 Å². The lowest BCUT2D eigenvalue weighted by Crippen LogP contribution is -2.75. The highest BCUT2D eigenvalue weighted by atomic mass is 32.5. The van der Waals surface area contributed by atoms with Crippen LogP contribution in [0.25, 0.3) is 11.2 Å². The van der Waals surface area contributed by atoms with E-state index in [-0.39, 0.29) is 31.3 Å². The Morgan fingerprint density at radius 3 is 1.81 bits per heavy atom. The van der Waals surface area contributed by atoms with Gasteiger partial charge >= 0.3 is 47.8 Å². The molecule has 1 fully saturated rings. The summed E-state index contributed by atoms with van der Waals surface area (Å²) < 4.78 is 261. The van der Waals surface area contributed by atoms with Crippen LogP contribution in [0.5, 0.6) is 0 Å². The fourth-order valence-electron chi connectivity index (χ4n) is 4.55. The van der Waals surface area contributed by atoms with Crippen molar-refractivity contribution in [2.24, 2.45) is 0 Å². The fraction of sp³-hybridized carbons (Fsp3) is 0.783. The number of hydrogen-bond donors (Lipinski definition) is 1. The molecule has 53 heavy (non-hydrogen) atoms. The van der Waals surface area contributed by atoms with Crippen molar-refractivity contribution in [3.63, 3.8) is 0 Å². The average Bonchev–Trinajstić information content (AvgIpc) is 3.61. The van der Waals surface area contributed by atoms with Crippen molar-refractivity contribution >= 4 is 35.5 Å². The monoisotopic (exact) mass is 850 g/mol. The van der Waals surface area contributed by atoms with E-state index < -0.39 is 96.0 Å². The van der Waals surface area contributed by atoms with Crippen LogP contribution in [-0.2, 0) is 35.1 Å². The molecular formula is C23H22F17N5O6PS-. The van der Waals surface area contributed by atoms with E-state index in [0.717, 1.165) is 11.7 Å². The van der Waals surface area contributed by atoms with Crippen LogP contribution in [0.1, 0.15) is 19.6 Å². The van der Waals surface area contributed by atoms with Gasteiger partial charge < -0.3 is 33.5 Å². The Morgan fingerprint density at radius 1 is 0.792 bits per heavy atom. The van der Waals surface area contributed by atoms with E-state index in [9.17, 15) is 79.5 Å². The minimum absolute atomic E-state index is 0.0533. The summed E-state index contributed by atoms with van der Waals surface area (Å²) in [5.41, 5.74) is -1.89. The number of alkyl halides is 17. The minimum atomic E-state index is -8.79. The molecule has 0 bridgehead atoms. The molecule has 1 aliphatic heterocycles. The van der Waals surface area contributed by atoms with Crippen LogP contribution in [0.15, 0.2) is 12.7 Å². The van der Waals surface area contributed by atoms with E-state index >= 15 is 0 Å². The number of ether oxygens (including phenoxy) is 3. The van der Waals surface area contributed by atoms with Crippen LogP contribution in [0.4, 0.5) is 80.5 Å². The number of halogens is 17. The van der Waals surface area contributed by atoms with Gasteiger partial charge in [-0.05, 0) is 6.42 Å². The first-order chi connectivity index (χ1) is 23.8. The normalized spacial score (nSPS) is 22.7. The first-order valence-corrected chi connectivity index (χ1v) is 16.4. The fourth-order valence-corrected chi connectivity index (χ4v) is 5.48. The molecule has 0 saturated carbocycles. The Kier molecular flexibility index (Phi) is 12.4. The van der Waals surface area contributed by atoms with Gasteiger partial charge in [0, 0.05) is 14.2 Å². The topological polar surface area (TPSA) is 125 Å². The summed E-state index contributed by atoms with van der Waals surface area (Å²) in [7, 11) is 2.19. The highest BCUT2D eigenvalue weighted by molar-refractivity contribution is 8.06. The van der Waals surface area contributed by atoms with E-state index in [1.165, 1.54) is 14.0 Å². The van der Waals surface area contributed by atoms with Gasteiger partial charge in [0.2, 0.25) is 0 Å². The van der Waals surface area contributed by atoms with Crippen molar-refractivity contribution < 1.29 is 103 Å². The van der Waals surface area contributed by atoms with E-state index in [2.05, 4.69) is 19.5 Å². The zero-order chi connectivity index (χ0) is 41.0. The number of aromatic nitrogens is 4. The lowest BCUT2D eigenvalue weighted by molar-refractivity contribution is -0.460. The van der Waals surface area contributed by atoms with Gasteiger partial charge in [-0.3, -0.25) is 4.57 Å². The summed E-state index contributed by atoms with van der Waals surface area (Å²) in [4.78, 5) is 22.6. The van der Waals surface area contributed by atoms with Gasteiger partial charge in [0.15, 0.2) is 23.2 Å². The van der Waals surface area contributed by atoms with Gasteiger partial charge in [-0.2, -0.15) is 74.6 Å². The predicted octanol–water partition coefficient (Wildman–Crippen LogP) is 6.16. The van der Waals surface area contributed by atoms with Crippen molar-refractivity contribution in [3.05, 3.63) is 12.7 Å². The molecule has 0 amide bonds. The molecule has 1 aliphatic rings. The molecule has 5 unspecified atom stereocenters. The number of anilines is 1. The molecule has 306 valence electrons. The third-order valence-electron chi connectivity index (χ3n) is 7.39. The number of nitrogens with zero attached hydrogens (tertiary/aromatic N) is 4. The molecule has 3 rings (SSSR count). The second kappa shape index (κ2) is 14.6. The number of fused-ring (bicyclic) bond motifs is 1. The Bertz CT molecular complexity index is 1650. The van der Waals surface area contributed by atoms with Gasteiger partial charge in [-0.1, -0.05) is 18.7 Å². The highest BCUT2D eigenvalue weighted by Gasteiger charge is 2.95. The van der Waals surface area contributed by atoms with Crippen molar-refractivity contribution in [1.82, 2.24) is 19.5 Å². The molecule has 0 aliphatic carbocycles. The third kappa shape index (κ3) is 7.35. The Morgan fingerprint density at radius 2 is 1.32 bits per heavy atom. The van der Waals surface area contributed by atoms with E-state index in [4.69, 9.17) is 30.5 Å². The zero-order valence-electron chi connectivity index (χ0n) is 26.1. The predicted molar refractivity (Wildman–Crippen MR) is 142 cm³/mol. The van der Waals surface area contributed by atoms with E-state index in [1.54, 1.807) is 0 Å². The SMILES string of the molecule is CCC1OC(n2cnc3c(NC(F)(F)C(F)(F)C(F)(F)C(F)(F)C(F)(F)C(F)(F)C(F)(F)C(F)(F)F)ncnc32)C(OCCOC)C1OP([O-])(=S)OC. The number of nitrogens with one attached hydrogen (secondary N) is 1. The average molecular weight is 850 g/mol. The maximum absolute atomic E-state index is 14.8. The van der Waals surface area contributed by atoms with Gasteiger partial charge in [0.25, 0.3) is 0 Å². The molecule has 0 aromatic carbocycles. The molecule has 2 aromatic heterocycles. The molecule has 30 heteroatoms. The van der Waals surface area contributed by atoms with Gasteiger partial charge in [-0.15, -0.1) is 0 Å². The lowest BCUT2D eigenvalue weighted by atomic mass is 9.90. The molecule has 2 aromatic rings. The minimum Gasteiger partial charge on any atom is -0.780 e. The summed E-state index contributed by atoms with van der Waals surface area (Å²) in [5, 5.41) is 0.184. The highest BCUT2D eigenvalue weighted by Crippen LogP contribution is 2.64. The van der Waals surface area contributed by atoms with Crippen LogP contribution in [0.2, 0.25) is 0 Å². The second-order valence-corrected chi connectivity index (χ2v) is 13.5. The Hall–Kier alpha value is -2.43. The lowest BCUT2D eigenvalue weighted by Gasteiger charge is -2.42. The first-order valence-electron chi connectivity index (χ1n) is 13.8. The second-order valence-electron chi connectivity index (χ2n) is 10.7. The smallest absolute Gasteiger partial charge is 0.460 e. The van der Waals surface area contributed by atoms with Crippen LogP contribution >= 0.6 is 6.72 Å². The maximum Gasteiger partial charge on any atom is 0.460 e.